The Hall–Kier alpha value is -2.60. The number of hydrogen-bond acceptors (Lipinski definition) is 5. The molecule has 6 heteroatoms. The second-order valence-corrected chi connectivity index (χ2v) is 7.10. The van der Waals surface area contributed by atoms with E-state index >= 15 is 0 Å². The number of carbonyl (C=O) groups is 1. The summed E-state index contributed by atoms with van der Waals surface area (Å²) in [5, 5.41) is 4.40. The van der Waals surface area contributed by atoms with Crippen molar-refractivity contribution in [3.63, 3.8) is 0 Å². The lowest BCUT2D eigenvalue weighted by atomic mass is 10.2. The Balaban J connectivity index is 1.78. The Morgan fingerprint density at radius 1 is 1.15 bits per heavy atom. The number of aromatic nitrogens is 2. The molecule has 0 aliphatic rings. The first-order valence-electron chi connectivity index (χ1n) is 8.51. The third kappa shape index (κ3) is 4.14. The Morgan fingerprint density at radius 3 is 2.69 bits per heavy atom. The number of nitrogens with zero attached hydrogens (tertiary/aromatic N) is 2. The molecule has 3 aromatic rings. The van der Waals surface area contributed by atoms with Gasteiger partial charge in [0.2, 0.25) is 5.91 Å². The maximum absolute atomic E-state index is 12.7. The number of carbonyl (C=O) groups excluding carboxylic acids is 1. The van der Waals surface area contributed by atoms with E-state index in [-0.39, 0.29) is 11.2 Å². The van der Waals surface area contributed by atoms with Crippen molar-refractivity contribution >= 4 is 34.3 Å². The van der Waals surface area contributed by atoms with Gasteiger partial charge < -0.3 is 10.1 Å². The summed E-state index contributed by atoms with van der Waals surface area (Å²) in [6.07, 6.45) is 0. The molecular formula is C20H21N3O2S. The van der Waals surface area contributed by atoms with Gasteiger partial charge in [-0.2, -0.15) is 0 Å². The van der Waals surface area contributed by atoms with Crippen LogP contribution in [0.4, 0.5) is 5.69 Å². The average Bonchev–Trinajstić information content (AvgIpc) is 2.63. The van der Waals surface area contributed by atoms with E-state index in [9.17, 15) is 4.79 Å². The number of hydrogen-bond donors (Lipinski definition) is 1. The van der Waals surface area contributed by atoms with Crippen molar-refractivity contribution in [3.8, 4) is 5.75 Å². The van der Waals surface area contributed by atoms with Crippen molar-refractivity contribution < 1.29 is 9.53 Å². The normalized spacial score (nSPS) is 12.0. The van der Waals surface area contributed by atoms with Gasteiger partial charge in [-0.1, -0.05) is 42.1 Å². The van der Waals surface area contributed by atoms with Crippen LogP contribution in [-0.2, 0) is 4.79 Å². The average molecular weight is 367 g/mol. The van der Waals surface area contributed by atoms with Crippen molar-refractivity contribution in [2.75, 3.05) is 11.9 Å². The van der Waals surface area contributed by atoms with Gasteiger partial charge in [-0.25, -0.2) is 9.97 Å². The van der Waals surface area contributed by atoms with E-state index in [0.717, 1.165) is 15.9 Å². The molecule has 134 valence electrons. The first-order chi connectivity index (χ1) is 12.6. The first kappa shape index (κ1) is 18.2. The minimum Gasteiger partial charge on any atom is -0.492 e. The molecule has 26 heavy (non-hydrogen) atoms. The predicted octanol–water partition coefficient (Wildman–Crippen LogP) is 4.46. The molecule has 1 heterocycles. The molecule has 0 spiro atoms. The van der Waals surface area contributed by atoms with Gasteiger partial charge in [-0.3, -0.25) is 4.79 Å². The number of amides is 1. The van der Waals surface area contributed by atoms with Crippen LogP contribution in [0.25, 0.3) is 10.9 Å². The fourth-order valence-corrected chi connectivity index (χ4v) is 3.54. The summed E-state index contributed by atoms with van der Waals surface area (Å²) in [7, 11) is 0. The number of para-hydroxylation sites is 3. The number of aryl methyl sites for hydroxylation is 1. The maximum atomic E-state index is 12.7. The lowest BCUT2D eigenvalue weighted by Gasteiger charge is -2.15. The van der Waals surface area contributed by atoms with Gasteiger partial charge in [-0.15, -0.1) is 0 Å². The second kappa shape index (κ2) is 8.19. The minimum absolute atomic E-state index is 0.0949. The summed E-state index contributed by atoms with van der Waals surface area (Å²) < 4.78 is 5.57. The maximum Gasteiger partial charge on any atom is 0.237 e. The number of benzene rings is 2. The molecule has 0 unspecified atom stereocenters. The van der Waals surface area contributed by atoms with E-state index in [1.807, 2.05) is 69.3 Å². The quantitative estimate of drug-likeness (QED) is 0.515. The Bertz CT molecular complexity index is 930. The number of thioether (sulfide) groups is 1. The minimum atomic E-state index is -0.317. The lowest BCUT2D eigenvalue weighted by Crippen LogP contribution is -2.23. The molecule has 0 saturated carbocycles. The van der Waals surface area contributed by atoms with E-state index in [1.54, 1.807) is 0 Å². The monoisotopic (exact) mass is 367 g/mol. The van der Waals surface area contributed by atoms with E-state index in [2.05, 4.69) is 15.3 Å². The highest BCUT2D eigenvalue weighted by atomic mass is 32.2. The molecule has 5 nitrogen and oxygen atoms in total. The van der Waals surface area contributed by atoms with Crippen LogP contribution in [0.5, 0.6) is 5.75 Å². The van der Waals surface area contributed by atoms with Gasteiger partial charge in [0, 0.05) is 5.39 Å². The highest BCUT2D eigenvalue weighted by Crippen LogP contribution is 2.30. The van der Waals surface area contributed by atoms with Gasteiger partial charge in [0.25, 0.3) is 0 Å². The Labute approximate surface area is 157 Å². The molecule has 3 rings (SSSR count). The molecule has 0 radical (unpaired) electrons. The van der Waals surface area contributed by atoms with Gasteiger partial charge >= 0.3 is 0 Å². The largest absolute Gasteiger partial charge is 0.492 e. The Kier molecular flexibility index (Phi) is 5.73. The topological polar surface area (TPSA) is 64.1 Å². The van der Waals surface area contributed by atoms with Crippen LogP contribution in [0, 0.1) is 6.92 Å². The molecule has 1 N–H and O–H groups in total. The molecular weight excluding hydrogens is 346 g/mol. The van der Waals surface area contributed by atoms with E-state index in [4.69, 9.17) is 4.74 Å². The van der Waals surface area contributed by atoms with Crippen LogP contribution in [-0.4, -0.2) is 27.7 Å². The van der Waals surface area contributed by atoms with Crippen LogP contribution in [0.3, 0.4) is 0 Å². The molecule has 0 aliphatic carbocycles. The van der Waals surface area contributed by atoms with Gasteiger partial charge in [0.1, 0.15) is 16.6 Å². The van der Waals surface area contributed by atoms with Crippen molar-refractivity contribution in [1.82, 2.24) is 9.97 Å². The van der Waals surface area contributed by atoms with Gasteiger partial charge in [0.15, 0.2) is 0 Å². The number of nitrogens with one attached hydrogen (secondary N) is 1. The molecule has 1 amide bonds. The molecule has 2 aromatic carbocycles. The molecule has 0 fully saturated rings. The zero-order chi connectivity index (χ0) is 18.5. The number of rotatable bonds is 6. The third-order valence-corrected chi connectivity index (χ3v) is 4.88. The summed E-state index contributed by atoms with van der Waals surface area (Å²) in [5.41, 5.74) is 1.56. The van der Waals surface area contributed by atoms with Gasteiger partial charge in [0.05, 0.1) is 23.1 Å². The molecule has 0 saturated heterocycles. The summed E-state index contributed by atoms with van der Waals surface area (Å²) in [5.74, 6) is 1.27. The summed E-state index contributed by atoms with van der Waals surface area (Å²) in [6, 6.07) is 15.3. The van der Waals surface area contributed by atoms with Crippen LogP contribution >= 0.6 is 11.8 Å². The van der Waals surface area contributed by atoms with Crippen molar-refractivity contribution in [1.29, 1.82) is 0 Å². The fourth-order valence-electron chi connectivity index (χ4n) is 2.55. The fraction of sp³-hybridized carbons (Fsp3) is 0.250. The van der Waals surface area contributed by atoms with Crippen LogP contribution in [0.2, 0.25) is 0 Å². The zero-order valence-corrected chi connectivity index (χ0v) is 15.8. The van der Waals surface area contributed by atoms with E-state index in [0.29, 0.717) is 23.9 Å². The standard InChI is InChI=1S/C20H21N3O2S/c1-4-25-18-12-8-7-11-17(18)23-19(24)13(2)26-20-15-9-5-6-10-16(15)21-14(3)22-20/h5-13H,4H2,1-3H3,(H,23,24)/t13-/m1/s1. The number of anilines is 1. The molecule has 1 aromatic heterocycles. The van der Waals surface area contributed by atoms with Crippen molar-refractivity contribution in [3.05, 3.63) is 54.4 Å². The van der Waals surface area contributed by atoms with Crippen LogP contribution in [0.15, 0.2) is 53.6 Å². The highest BCUT2D eigenvalue weighted by Gasteiger charge is 2.18. The summed E-state index contributed by atoms with van der Waals surface area (Å²) in [6.45, 7) is 6.19. The van der Waals surface area contributed by atoms with E-state index < -0.39 is 0 Å². The Morgan fingerprint density at radius 2 is 1.88 bits per heavy atom. The smallest absolute Gasteiger partial charge is 0.237 e. The van der Waals surface area contributed by atoms with Crippen molar-refractivity contribution in [2.45, 2.75) is 31.0 Å². The number of ether oxygens (including phenoxy) is 1. The lowest BCUT2D eigenvalue weighted by molar-refractivity contribution is -0.115. The second-order valence-electron chi connectivity index (χ2n) is 5.77. The zero-order valence-electron chi connectivity index (χ0n) is 15.0. The third-order valence-electron chi connectivity index (χ3n) is 3.78. The molecule has 0 bridgehead atoms. The van der Waals surface area contributed by atoms with Crippen LogP contribution < -0.4 is 10.1 Å². The predicted molar refractivity (Wildman–Crippen MR) is 106 cm³/mol. The summed E-state index contributed by atoms with van der Waals surface area (Å²) >= 11 is 1.43. The SMILES string of the molecule is CCOc1ccccc1NC(=O)[C@@H](C)Sc1nc(C)nc2ccccc12. The van der Waals surface area contributed by atoms with Gasteiger partial charge in [-0.05, 0) is 39.0 Å². The van der Waals surface area contributed by atoms with Crippen molar-refractivity contribution in [2.24, 2.45) is 0 Å². The molecule has 0 aliphatic heterocycles. The number of fused-ring (bicyclic) bond motifs is 1. The molecule has 1 atom stereocenters. The highest BCUT2D eigenvalue weighted by molar-refractivity contribution is 8.00. The summed E-state index contributed by atoms with van der Waals surface area (Å²) in [4.78, 5) is 21.6. The van der Waals surface area contributed by atoms with E-state index in [1.165, 1.54) is 11.8 Å². The first-order valence-corrected chi connectivity index (χ1v) is 9.39. The van der Waals surface area contributed by atoms with Crippen LogP contribution in [0.1, 0.15) is 19.7 Å².